The van der Waals surface area contributed by atoms with Crippen LogP contribution in [0.5, 0.6) is 0 Å². The van der Waals surface area contributed by atoms with Gasteiger partial charge >= 0.3 is 0 Å². The molecule has 0 aromatic rings. The smallest absolute Gasteiger partial charge is 0.102 e. The van der Waals surface area contributed by atoms with Gasteiger partial charge in [-0.2, -0.15) is 0 Å². The highest BCUT2D eigenvalue weighted by atomic mass is 32.2. The molecule has 0 amide bonds. The molecule has 0 unspecified atom stereocenters. The van der Waals surface area contributed by atoms with Crippen molar-refractivity contribution < 1.29 is 5.73 Å². The lowest BCUT2D eigenvalue weighted by Gasteiger charge is -1.81. The lowest BCUT2D eigenvalue weighted by molar-refractivity contribution is -0.275. The van der Waals surface area contributed by atoms with Crippen molar-refractivity contribution in [3.8, 4) is 0 Å². The number of hydrogen-bond donors (Lipinski definition) is 2. The van der Waals surface area contributed by atoms with Gasteiger partial charge in [0.05, 0.1) is 0 Å². The van der Waals surface area contributed by atoms with Gasteiger partial charge in [0.1, 0.15) is 6.20 Å². The summed E-state index contributed by atoms with van der Waals surface area (Å²) in [6.45, 7) is 1.91. The van der Waals surface area contributed by atoms with Crippen LogP contribution in [0.4, 0.5) is 0 Å². The van der Waals surface area contributed by atoms with E-state index in [1.54, 1.807) is 6.20 Å². The monoisotopic (exact) mass is 105 g/mol. The molecule has 0 saturated heterocycles. The third-order valence-corrected chi connectivity index (χ3v) is 1.01. The van der Waals surface area contributed by atoms with E-state index in [-0.39, 0.29) is 0 Å². The van der Waals surface area contributed by atoms with Crippen molar-refractivity contribution in [1.29, 1.82) is 0 Å². The Balaban J connectivity index is 3.22. The minimum atomic E-state index is 1.05. The van der Waals surface area contributed by atoms with Crippen molar-refractivity contribution in [3.05, 3.63) is 11.1 Å². The quantitative estimate of drug-likeness (QED) is 0.450. The number of allylic oxidation sites excluding steroid dienone is 1. The maximum atomic E-state index is 5.09. The first-order chi connectivity index (χ1) is 2.81. The van der Waals surface area contributed by atoms with Crippen LogP contribution in [0.1, 0.15) is 6.92 Å². The predicted molar refractivity (Wildman–Crippen MR) is 28.4 cm³/mol. The average Bonchev–Trinajstić information content (AvgIpc) is 1.65. The van der Waals surface area contributed by atoms with Crippen molar-refractivity contribution in [2.24, 2.45) is 5.14 Å². The van der Waals surface area contributed by atoms with E-state index in [0.717, 1.165) is 4.91 Å². The molecule has 5 N–H and O–H groups in total. The molecule has 0 aliphatic rings. The van der Waals surface area contributed by atoms with Gasteiger partial charge in [-0.1, -0.05) is 0 Å². The third kappa shape index (κ3) is 2.26. The molecule has 0 aromatic carbocycles. The van der Waals surface area contributed by atoms with E-state index in [2.05, 4.69) is 5.73 Å². The Morgan fingerprint density at radius 2 is 2.50 bits per heavy atom. The van der Waals surface area contributed by atoms with Crippen LogP contribution < -0.4 is 10.9 Å². The molecule has 0 fully saturated rings. The van der Waals surface area contributed by atoms with Crippen LogP contribution in [-0.2, 0) is 0 Å². The highest BCUT2D eigenvalue weighted by Crippen LogP contribution is 2.00. The van der Waals surface area contributed by atoms with Gasteiger partial charge in [-0.15, -0.1) is 0 Å². The summed E-state index contributed by atoms with van der Waals surface area (Å²) < 4.78 is 0. The van der Waals surface area contributed by atoms with Crippen LogP contribution in [0.2, 0.25) is 0 Å². The number of nitrogens with two attached hydrogens (primary N) is 1. The molecule has 3 heteroatoms. The third-order valence-electron chi connectivity index (χ3n) is 0.473. The molecular formula is C3H9N2S+. The Bertz CT molecular complexity index is 59.8. The summed E-state index contributed by atoms with van der Waals surface area (Å²) in [6, 6.07) is 0. The molecule has 0 atom stereocenters. The predicted octanol–water partition coefficient (Wildman–Crippen LogP) is -0.304. The SMILES string of the molecule is C/C(=C/[NH3+])SN. The molecule has 0 bridgehead atoms. The van der Waals surface area contributed by atoms with Crippen LogP contribution >= 0.6 is 11.9 Å². The van der Waals surface area contributed by atoms with E-state index in [1.165, 1.54) is 11.9 Å². The van der Waals surface area contributed by atoms with Gasteiger partial charge in [0.25, 0.3) is 0 Å². The Morgan fingerprint density at radius 1 is 2.00 bits per heavy atom. The Kier molecular flexibility index (Phi) is 3.21. The topological polar surface area (TPSA) is 53.7 Å². The van der Waals surface area contributed by atoms with Crippen LogP contribution in [0.3, 0.4) is 0 Å². The Hall–Kier alpha value is 0.01000. The van der Waals surface area contributed by atoms with E-state index >= 15 is 0 Å². The molecule has 0 aliphatic carbocycles. The standard InChI is InChI=1S/C3H8N2S/c1-3(2-4)6-5/h2H,4-5H2,1H3/p+1/b3-2-. The number of quaternary nitrogens is 1. The van der Waals surface area contributed by atoms with Crippen LogP contribution in [0.15, 0.2) is 11.1 Å². The number of hydrogen-bond acceptors (Lipinski definition) is 2. The Labute approximate surface area is 41.7 Å². The zero-order valence-electron chi connectivity index (χ0n) is 3.77. The fraction of sp³-hybridized carbons (Fsp3) is 0.333. The second-order valence-corrected chi connectivity index (χ2v) is 1.81. The molecule has 0 aliphatic heterocycles. The molecule has 36 valence electrons. The molecule has 0 spiro atoms. The van der Waals surface area contributed by atoms with E-state index in [9.17, 15) is 0 Å². The van der Waals surface area contributed by atoms with Crippen molar-refractivity contribution in [2.75, 3.05) is 0 Å². The van der Waals surface area contributed by atoms with Crippen molar-refractivity contribution in [2.45, 2.75) is 6.92 Å². The van der Waals surface area contributed by atoms with E-state index in [0.29, 0.717) is 0 Å². The average molecular weight is 105 g/mol. The molecule has 2 nitrogen and oxygen atoms in total. The lowest BCUT2D eigenvalue weighted by Crippen LogP contribution is -2.39. The first kappa shape index (κ1) is 6.01. The van der Waals surface area contributed by atoms with Gasteiger partial charge in [-0.25, -0.2) is 0 Å². The molecule has 0 aromatic heterocycles. The normalized spacial score (nSPS) is 12.2. The Morgan fingerprint density at radius 3 is 2.50 bits per heavy atom. The maximum Gasteiger partial charge on any atom is 0.102 e. The van der Waals surface area contributed by atoms with Crippen LogP contribution in [0.25, 0.3) is 0 Å². The molecule has 0 saturated carbocycles. The molecular weight excluding hydrogens is 96.1 g/mol. The molecule has 0 radical (unpaired) electrons. The lowest BCUT2D eigenvalue weighted by atomic mass is 10.7. The van der Waals surface area contributed by atoms with E-state index in [4.69, 9.17) is 5.14 Å². The van der Waals surface area contributed by atoms with Gasteiger partial charge in [-0.3, -0.25) is 5.14 Å². The summed E-state index contributed by atoms with van der Waals surface area (Å²) in [5.41, 5.74) is 3.49. The van der Waals surface area contributed by atoms with Crippen LogP contribution in [-0.4, -0.2) is 0 Å². The summed E-state index contributed by atoms with van der Waals surface area (Å²) in [5.74, 6) is 0. The maximum absolute atomic E-state index is 5.09. The van der Waals surface area contributed by atoms with Gasteiger partial charge in [0.2, 0.25) is 0 Å². The highest BCUT2D eigenvalue weighted by Gasteiger charge is 1.78. The minimum Gasteiger partial charge on any atom is -0.331 e. The zero-order valence-corrected chi connectivity index (χ0v) is 4.59. The van der Waals surface area contributed by atoms with Gasteiger partial charge in [0.15, 0.2) is 0 Å². The zero-order chi connectivity index (χ0) is 4.99. The summed E-state index contributed by atoms with van der Waals surface area (Å²) in [6.07, 6.45) is 1.73. The van der Waals surface area contributed by atoms with Crippen LogP contribution in [0, 0.1) is 0 Å². The summed E-state index contributed by atoms with van der Waals surface area (Å²) in [5, 5.41) is 5.09. The first-order valence-corrected chi connectivity index (χ1v) is 2.52. The van der Waals surface area contributed by atoms with Crippen molar-refractivity contribution in [1.82, 2.24) is 0 Å². The molecule has 6 heavy (non-hydrogen) atoms. The molecule has 0 heterocycles. The summed E-state index contributed by atoms with van der Waals surface area (Å²) in [4.78, 5) is 1.05. The van der Waals surface area contributed by atoms with Crippen molar-refractivity contribution in [3.63, 3.8) is 0 Å². The summed E-state index contributed by atoms with van der Waals surface area (Å²) >= 11 is 1.22. The van der Waals surface area contributed by atoms with E-state index < -0.39 is 0 Å². The van der Waals surface area contributed by atoms with Crippen molar-refractivity contribution >= 4 is 11.9 Å². The van der Waals surface area contributed by atoms with Gasteiger partial charge in [0, 0.05) is 4.91 Å². The van der Waals surface area contributed by atoms with Gasteiger partial charge in [-0.05, 0) is 18.9 Å². The second-order valence-electron chi connectivity index (χ2n) is 0.933. The highest BCUT2D eigenvalue weighted by molar-refractivity contribution is 8.00. The fourth-order valence-electron chi connectivity index (χ4n) is 0.0481. The molecule has 0 rings (SSSR count). The minimum absolute atomic E-state index is 1.05. The van der Waals surface area contributed by atoms with E-state index in [1.807, 2.05) is 6.92 Å². The number of rotatable bonds is 1. The fourth-order valence-corrected chi connectivity index (χ4v) is 0.144. The summed E-state index contributed by atoms with van der Waals surface area (Å²) in [7, 11) is 0. The largest absolute Gasteiger partial charge is 0.331 e. The van der Waals surface area contributed by atoms with Gasteiger partial charge < -0.3 is 5.73 Å². The first-order valence-electron chi connectivity index (χ1n) is 1.64. The second kappa shape index (κ2) is 3.21.